The highest BCUT2D eigenvalue weighted by molar-refractivity contribution is 5.96. The standard InChI is InChI=1S/C44H43NO8/c1-51-39-19-25(13-16-36(39)47)18-37(48)41-21-26(46)20-32-27-14-11-24-12-15-29(31(27)17-24)43(34-22-38(49)40(52-2)23-33(32)34)44-30(8-4-6-10-42(50)53-41)28-7-3-5-9-35(28)45-44/h3,5,7,9,12-13,15-16,19,22-24,27,31-32,37,41,45,47-49H,8,10-11,14,17-18,20-21H2,1-2H3/t24-,27-,31+,32-,37+,41+/m1/s1. The second-order valence-corrected chi connectivity index (χ2v) is 14.7. The van der Waals surface area contributed by atoms with Crippen LogP contribution in [0.4, 0.5) is 0 Å². The molecule has 53 heavy (non-hydrogen) atoms. The Labute approximate surface area is 308 Å². The predicted octanol–water partition coefficient (Wildman–Crippen LogP) is 6.91. The third-order valence-electron chi connectivity index (χ3n) is 11.7. The summed E-state index contributed by atoms with van der Waals surface area (Å²) >= 11 is 0. The lowest BCUT2D eigenvalue weighted by Gasteiger charge is -2.42. The summed E-state index contributed by atoms with van der Waals surface area (Å²) < 4.78 is 16.8. The van der Waals surface area contributed by atoms with E-state index in [1.54, 1.807) is 18.2 Å². The number of ketones is 1. The lowest BCUT2D eigenvalue weighted by atomic mass is 9.62. The number of cyclic esters (lactones) is 1. The Balaban J connectivity index is 1.28. The number of aromatic nitrogens is 1. The van der Waals surface area contributed by atoms with Gasteiger partial charge in [-0.1, -0.05) is 48.3 Å². The largest absolute Gasteiger partial charge is 0.504 e. The second-order valence-electron chi connectivity index (χ2n) is 14.7. The Morgan fingerprint density at radius 3 is 2.55 bits per heavy atom. The van der Waals surface area contributed by atoms with Crippen molar-refractivity contribution in [1.29, 1.82) is 0 Å². The SMILES string of the molecule is COc1cc(C[C@H](O)[C@@H]2CC(=O)C[C@H]3c4cc(OC)c(O)cc4C(=C4C=C[C@H]5CC[C@@H]3[C@@H]4C5)c3[nH]c4ccccc4c3CC#CCC(=O)O2)ccc1O. The van der Waals surface area contributed by atoms with E-state index in [-0.39, 0.29) is 66.5 Å². The molecule has 2 heterocycles. The number of phenols is 2. The number of phenolic OH excluding ortho intramolecular Hbond substituents is 2. The van der Waals surface area contributed by atoms with Crippen molar-refractivity contribution in [3.8, 4) is 34.8 Å². The van der Waals surface area contributed by atoms with Gasteiger partial charge in [-0.15, -0.1) is 0 Å². The fourth-order valence-electron chi connectivity index (χ4n) is 9.19. The van der Waals surface area contributed by atoms with Gasteiger partial charge < -0.3 is 34.5 Å². The molecule has 0 amide bonds. The van der Waals surface area contributed by atoms with Crippen LogP contribution in [-0.2, 0) is 27.2 Å². The van der Waals surface area contributed by atoms with Gasteiger partial charge in [0, 0.05) is 42.2 Å². The summed E-state index contributed by atoms with van der Waals surface area (Å²) in [5.74, 6) is 6.53. The molecule has 1 fully saturated rings. The summed E-state index contributed by atoms with van der Waals surface area (Å²) in [6, 6.07) is 16.5. The zero-order chi connectivity index (χ0) is 36.8. The molecule has 3 aromatic carbocycles. The third kappa shape index (κ3) is 6.46. The molecule has 9 nitrogen and oxygen atoms in total. The number of Topliss-reactive ketones (excluding diaryl/α,β-unsaturated/α-hetero) is 1. The Hall–Kier alpha value is -5.46. The fraction of sp³-hybridized carbons (Fsp3) is 0.364. The fourth-order valence-corrected chi connectivity index (χ4v) is 9.19. The highest BCUT2D eigenvalue weighted by Crippen LogP contribution is 2.57. The lowest BCUT2D eigenvalue weighted by molar-refractivity contribution is -0.155. The number of aliphatic hydroxyl groups excluding tert-OH is 1. The predicted molar refractivity (Wildman–Crippen MR) is 200 cm³/mol. The molecule has 0 unspecified atom stereocenters. The molecule has 272 valence electrons. The molecular weight excluding hydrogens is 670 g/mol. The number of aliphatic hydroxyl groups is 1. The number of aromatic hydroxyl groups is 2. The van der Waals surface area contributed by atoms with E-state index in [4.69, 9.17) is 14.2 Å². The minimum atomic E-state index is -1.21. The van der Waals surface area contributed by atoms with Gasteiger partial charge in [0.05, 0.1) is 26.0 Å². The van der Waals surface area contributed by atoms with Gasteiger partial charge in [0.1, 0.15) is 18.3 Å². The number of hydrogen-bond acceptors (Lipinski definition) is 8. The number of carbonyl (C=O) groups is 2. The Morgan fingerprint density at radius 1 is 0.925 bits per heavy atom. The first-order chi connectivity index (χ1) is 25.7. The van der Waals surface area contributed by atoms with Gasteiger partial charge >= 0.3 is 5.97 Å². The summed E-state index contributed by atoms with van der Waals surface area (Å²) in [6.07, 6.45) is 5.34. The van der Waals surface area contributed by atoms with Crippen molar-refractivity contribution in [2.45, 2.75) is 69.5 Å². The van der Waals surface area contributed by atoms with Crippen LogP contribution in [0.2, 0.25) is 0 Å². The highest BCUT2D eigenvalue weighted by atomic mass is 16.6. The molecule has 4 aliphatic rings. The second kappa shape index (κ2) is 14.2. The monoisotopic (exact) mass is 713 g/mol. The summed E-state index contributed by atoms with van der Waals surface area (Å²) in [6.45, 7) is 0. The smallest absolute Gasteiger partial charge is 0.318 e. The summed E-state index contributed by atoms with van der Waals surface area (Å²) in [7, 11) is 2.97. The maximum Gasteiger partial charge on any atom is 0.318 e. The zero-order valence-electron chi connectivity index (χ0n) is 29.9. The molecule has 8 rings (SSSR count). The molecule has 4 aromatic rings. The minimum Gasteiger partial charge on any atom is -0.504 e. The molecule has 1 aromatic heterocycles. The topological polar surface area (TPSA) is 138 Å². The van der Waals surface area contributed by atoms with Crippen molar-refractivity contribution in [3.63, 3.8) is 0 Å². The number of rotatable bonds is 5. The molecule has 0 radical (unpaired) electrons. The number of H-pyrrole nitrogens is 1. The van der Waals surface area contributed by atoms with E-state index in [1.165, 1.54) is 25.9 Å². The van der Waals surface area contributed by atoms with Crippen molar-refractivity contribution >= 4 is 28.2 Å². The summed E-state index contributed by atoms with van der Waals surface area (Å²) in [5.41, 5.74) is 7.48. The Morgan fingerprint density at radius 2 is 1.72 bits per heavy atom. The first-order valence-electron chi connectivity index (χ1n) is 18.4. The number of methoxy groups -OCH3 is 2. The van der Waals surface area contributed by atoms with Crippen molar-refractivity contribution < 1.29 is 39.1 Å². The molecule has 0 spiro atoms. The number of ether oxygens (including phenoxy) is 3. The quantitative estimate of drug-likeness (QED) is 0.129. The van der Waals surface area contributed by atoms with Crippen molar-refractivity contribution in [2.24, 2.45) is 17.8 Å². The van der Waals surface area contributed by atoms with Crippen molar-refractivity contribution in [3.05, 3.63) is 100 Å². The van der Waals surface area contributed by atoms with Crippen LogP contribution in [-0.4, -0.2) is 58.5 Å². The van der Waals surface area contributed by atoms with Crippen LogP contribution >= 0.6 is 0 Å². The summed E-state index contributed by atoms with van der Waals surface area (Å²) in [4.78, 5) is 31.4. The van der Waals surface area contributed by atoms with Crippen LogP contribution in [0.15, 0.2) is 72.3 Å². The number of nitrogens with one attached hydrogen (secondary N) is 1. The molecule has 6 atom stereocenters. The lowest BCUT2D eigenvalue weighted by Crippen LogP contribution is -2.36. The first-order valence-corrected chi connectivity index (χ1v) is 18.4. The normalized spacial score (nSPS) is 24.4. The van der Waals surface area contributed by atoms with E-state index < -0.39 is 18.2 Å². The van der Waals surface area contributed by atoms with Crippen LogP contribution in [0.3, 0.4) is 0 Å². The minimum absolute atomic E-state index is 0.0183. The van der Waals surface area contributed by atoms with Gasteiger partial charge in [-0.2, -0.15) is 0 Å². The van der Waals surface area contributed by atoms with Gasteiger partial charge in [-0.05, 0) is 101 Å². The van der Waals surface area contributed by atoms with Gasteiger partial charge in [-0.25, -0.2) is 0 Å². The van der Waals surface area contributed by atoms with Gasteiger partial charge in [0.2, 0.25) is 0 Å². The molecule has 3 aliphatic carbocycles. The zero-order valence-corrected chi connectivity index (χ0v) is 29.9. The van der Waals surface area contributed by atoms with Crippen LogP contribution in [0.5, 0.6) is 23.0 Å². The average Bonchev–Trinajstić information content (AvgIpc) is 3.46. The summed E-state index contributed by atoms with van der Waals surface area (Å²) in [5, 5.41) is 34.0. The van der Waals surface area contributed by atoms with Crippen molar-refractivity contribution in [1.82, 2.24) is 4.98 Å². The van der Waals surface area contributed by atoms with Crippen LogP contribution in [0.1, 0.15) is 72.4 Å². The molecule has 4 N–H and O–H groups in total. The molecular formula is C44H43NO8. The molecule has 1 saturated carbocycles. The number of esters is 1. The number of fused-ring (bicyclic) bond motifs is 6. The van der Waals surface area contributed by atoms with E-state index in [0.717, 1.165) is 58.1 Å². The van der Waals surface area contributed by atoms with Crippen molar-refractivity contribution in [2.75, 3.05) is 14.2 Å². The third-order valence-corrected chi connectivity index (χ3v) is 11.7. The van der Waals surface area contributed by atoms with Crippen LogP contribution in [0.25, 0.3) is 16.5 Å². The van der Waals surface area contributed by atoms with Gasteiger partial charge in [0.15, 0.2) is 23.0 Å². The maximum absolute atomic E-state index is 14.4. The van der Waals surface area contributed by atoms with E-state index in [1.807, 2.05) is 24.3 Å². The Bertz CT molecular complexity index is 2230. The number of benzene rings is 3. The molecule has 9 heteroatoms. The molecule has 1 aliphatic heterocycles. The van der Waals surface area contributed by atoms with Crippen LogP contribution in [0, 0.1) is 29.6 Å². The molecule has 4 bridgehead atoms. The highest BCUT2D eigenvalue weighted by Gasteiger charge is 2.45. The average molecular weight is 714 g/mol. The first kappa shape index (κ1) is 34.6. The van der Waals surface area contributed by atoms with E-state index in [0.29, 0.717) is 23.7 Å². The van der Waals surface area contributed by atoms with Gasteiger partial charge in [-0.3, -0.25) is 9.59 Å². The number of aromatic amines is 1. The van der Waals surface area contributed by atoms with Gasteiger partial charge in [0.25, 0.3) is 0 Å². The van der Waals surface area contributed by atoms with Crippen LogP contribution < -0.4 is 9.47 Å². The van der Waals surface area contributed by atoms with E-state index >= 15 is 0 Å². The molecule has 0 saturated heterocycles. The number of hydrogen-bond donors (Lipinski definition) is 4. The number of para-hydroxylation sites is 1. The number of allylic oxidation sites excluding steroid dienone is 3. The van der Waals surface area contributed by atoms with E-state index in [2.05, 4.69) is 35.0 Å². The number of carbonyl (C=O) groups excluding carboxylic acids is 2. The van der Waals surface area contributed by atoms with E-state index in [9.17, 15) is 24.9 Å². The Kier molecular flexibility index (Phi) is 9.25. The maximum atomic E-state index is 14.4.